The van der Waals surface area contributed by atoms with E-state index in [2.05, 4.69) is 32.0 Å². The van der Waals surface area contributed by atoms with Crippen LogP contribution in [-0.4, -0.2) is 13.7 Å². The molecule has 0 saturated carbocycles. The first-order chi connectivity index (χ1) is 7.22. The molecule has 2 nitrogen and oxygen atoms in total. The van der Waals surface area contributed by atoms with Crippen molar-refractivity contribution in [3.8, 4) is 5.75 Å². The summed E-state index contributed by atoms with van der Waals surface area (Å²) in [5.74, 6) is 1.55. The van der Waals surface area contributed by atoms with E-state index in [1.807, 2.05) is 0 Å². The van der Waals surface area contributed by atoms with E-state index in [9.17, 15) is 0 Å². The van der Waals surface area contributed by atoms with Gasteiger partial charge in [0.1, 0.15) is 5.75 Å². The van der Waals surface area contributed by atoms with Crippen LogP contribution < -0.4 is 10.5 Å². The van der Waals surface area contributed by atoms with Gasteiger partial charge in [-0.2, -0.15) is 0 Å². The van der Waals surface area contributed by atoms with Crippen LogP contribution in [0.3, 0.4) is 0 Å². The lowest BCUT2D eigenvalue weighted by molar-refractivity contribution is 0.401. The molecule has 1 unspecified atom stereocenters. The Labute approximate surface area is 92.4 Å². The zero-order chi connectivity index (χ0) is 11.3. The minimum Gasteiger partial charge on any atom is -0.496 e. The summed E-state index contributed by atoms with van der Waals surface area (Å²) in [5, 5.41) is 0. The smallest absolute Gasteiger partial charge is 0.125 e. The molecular weight excluding hydrogens is 186 g/mol. The van der Waals surface area contributed by atoms with Crippen LogP contribution in [-0.2, 0) is 12.8 Å². The number of ether oxygens (including phenoxy) is 1. The standard InChI is InChI=1S/C13H21NO/c1-4-11-6-5-7-12(13(11)15-3)8-10(2)9-14/h5-7,10H,4,8-9,14H2,1-3H3. The summed E-state index contributed by atoms with van der Waals surface area (Å²) >= 11 is 0. The molecule has 0 saturated heterocycles. The Bertz CT molecular complexity index is 309. The van der Waals surface area contributed by atoms with E-state index in [4.69, 9.17) is 10.5 Å². The molecule has 0 aliphatic heterocycles. The molecule has 0 amide bonds. The lowest BCUT2D eigenvalue weighted by atomic mass is 9.97. The van der Waals surface area contributed by atoms with Crippen molar-refractivity contribution in [2.45, 2.75) is 26.7 Å². The van der Waals surface area contributed by atoms with Gasteiger partial charge in [-0.1, -0.05) is 32.0 Å². The Morgan fingerprint density at radius 1 is 1.33 bits per heavy atom. The minimum absolute atomic E-state index is 0.506. The second-order valence-electron chi connectivity index (χ2n) is 4.01. The van der Waals surface area contributed by atoms with Crippen LogP contribution in [0.1, 0.15) is 25.0 Å². The van der Waals surface area contributed by atoms with E-state index in [1.165, 1.54) is 11.1 Å². The summed E-state index contributed by atoms with van der Waals surface area (Å²) < 4.78 is 5.47. The fourth-order valence-corrected chi connectivity index (χ4v) is 1.80. The molecule has 0 bridgehead atoms. The molecule has 1 aromatic rings. The second kappa shape index (κ2) is 5.76. The summed E-state index contributed by atoms with van der Waals surface area (Å²) in [5.41, 5.74) is 8.19. The number of benzene rings is 1. The number of aryl methyl sites for hydroxylation is 1. The molecule has 84 valence electrons. The molecule has 0 radical (unpaired) electrons. The molecule has 0 aliphatic rings. The first kappa shape index (κ1) is 12.1. The van der Waals surface area contributed by atoms with E-state index >= 15 is 0 Å². The van der Waals surface area contributed by atoms with E-state index in [0.29, 0.717) is 5.92 Å². The third-order valence-electron chi connectivity index (χ3n) is 2.73. The van der Waals surface area contributed by atoms with Gasteiger partial charge in [0.2, 0.25) is 0 Å². The van der Waals surface area contributed by atoms with Gasteiger partial charge in [0, 0.05) is 0 Å². The summed E-state index contributed by atoms with van der Waals surface area (Å²) in [7, 11) is 1.74. The van der Waals surface area contributed by atoms with Crippen LogP contribution >= 0.6 is 0 Å². The highest BCUT2D eigenvalue weighted by Gasteiger charge is 2.09. The second-order valence-corrected chi connectivity index (χ2v) is 4.01. The number of rotatable bonds is 5. The number of nitrogens with two attached hydrogens (primary N) is 1. The average Bonchev–Trinajstić information content (AvgIpc) is 2.28. The van der Waals surface area contributed by atoms with Gasteiger partial charge in [0.05, 0.1) is 7.11 Å². The Hall–Kier alpha value is -1.02. The van der Waals surface area contributed by atoms with Crippen molar-refractivity contribution in [1.29, 1.82) is 0 Å². The maximum atomic E-state index is 5.64. The highest BCUT2D eigenvalue weighted by molar-refractivity contribution is 5.41. The van der Waals surface area contributed by atoms with Crippen LogP contribution in [0.15, 0.2) is 18.2 Å². The van der Waals surface area contributed by atoms with Crippen molar-refractivity contribution in [2.24, 2.45) is 11.7 Å². The summed E-state index contributed by atoms with van der Waals surface area (Å²) in [4.78, 5) is 0. The van der Waals surface area contributed by atoms with Crippen molar-refractivity contribution >= 4 is 0 Å². The largest absolute Gasteiger partial charge is 0.496 e. The van der Waals surface area contributed by atoms with Gasteiger partial charge in [0.25, 0.3) is 0 Å². The zero-order valence-electron chi connectivity index (χ0n) is 9.92. The lowest BCUT2D eigenvalue weighted by Gasteiger charge is -2.15. The van der Waals surface area contributed by atoms with Crippen molar-refractivity contribution in [1.82, 2.24) is 0 Å². The van der Waals surface area contributed by atoms with Gasteiger partial charge in [-0.05, 0) is 36.4 Å². The molecule has 0 heterocycles. The fraction of sp³-hybridized carbons (Fsp3) is 0.538. The van der Waals surface area contributed by atoms with Gasteiger partial charge in [-0.25, -0.2) is 0 Å². The third-order valence-corrected chi connectivity index (χ3v) is 2.73. The maximum Gasteiger partial charge on any atom is 0.125 e. The summed E-state index contributed by atoms with van der Waals surface area (Å²) in [6.45, 7) is 5.03. The van der Waals surface area contributed by atoms with Gasteiger partial charge in [-0.15, -0.1) is 0 Å². The van der Waals surface area contributed by atoms with Crippen LogP contribution in [0.4, 0.5) is 0 Å². The lowest BCUT2D eigenvalue weighted by Crippen LogP contribution is -2.13. The van der Waals surface area contributed by atoms with Crippen molar-refractivity contribution in [3.63, 3.8) is 0 Å². The molecule has 1 rings (SSSR count). The van der Waals surface area contributed by atoms with E-state index in [-0.39, 0.29) is 0 Å². The topological polar surface area (TPSA) is 35.2 Å². The molecule has 0 spiro atoms. The molecule has 1 atom stereocenters. The summed E-state index contributed by atoms with van der Waals surface area (Å²) in [6.07, 6.45) is 2.00. The van der Waals surface area contributed by atoms with Crippen LogP contribution in [0.25, 0.3) is 0 Å². The minimum atomic E-state index is 0.506. The predicted octanol–water partition coefficient (Wildman–Crippen LogP) is 2.39. The van der Waals surface area contributed by atoms with Gasteiger partial charge in [-0.3, -0.25) is 0 Å². The molecule has 15 heavy (non-hydrogen) atoms. The number of hydrogen-bond acceptors (Lipinski definition) is 2. The maximum absolute atomic E-state index is 5.64. The Balaban J connectivity index is 2.95. The molecule has 0 aromatic heterocycles. The van der Waals surface area contributed by atoms with Crippen molar-refractivity contribution in [3.05, 3.63) is 29.3 Å². The fourth-order valence-electron chi connectivity index (χ4n) is 1.80. The normalized spacial score (nSPS) is 12.5. The Morgan fingerprint density at radius 2 is 2.00 bits per heavy atom. The van der Waals surface area contributed by atoms with E-state index in [1.54, 1.807) is 7.11 Å². The number of hydrogen-bond donors (Lipinski definition) is 1. The molecule has 2 heteroatoms. The van der Waals surface area contributed by atoms with E-state index < -0.39 is 0 Å². The van der Waals surface area contributed by atoms with Gasteiger partial charge >= 0.3 is 0 Å². The quantitative estimate of drug-likeness (QED) is 0.804. The molecular formula is C13H21NO. The van der Waals surface area contributed by atoms with Crippen LogP contribution in [0.2, 0.25) is 0 Å². The highest BCUT2D eigenvalue weighted by Crippen LogP contribution is 2.26. The molecule has 0 fully saturated rings. The third kappa shape index (κ3) is 2.96. The average molecular weight is 207 g/mol. The zero-order valence-corrected chi connectivity index (χ0v) is 9.92. The summed E-state index contributed by atoms with van der Waals surface area (Å²) in [6, 6.07) is 6.35. The van der Waals surface area contributed by atoms with E-state index in [0.717, 1.165) is 25.1 Å². The van der Waals surface area contributed by atoms with Crippen LogP contribution in [0.5, 0.6) is 5.75 Å². The van der Waals surface area contributed by atoms with Gasteiger partial charge < -0.3 is 10.5 Å². The number of para-hydroxylation sites is 1. The first-order valence-corrected chi connectivity index (χ1v) is 5.57. The van der Waals surface area contributed by atoms with Crippen LogP contribution in [0, 0.1) is 5.92 Å². The Kier molecular flexibility index (Phi) is 4.63. The number of methoxy groups -OCH3 is 1. The van der Waals surface area contributed by atoms with Gasteiger partial charge in [0.15, 0.2) is 0 Å². The molecule has 1 aromatic carbocycles. The monoisotopic (exact) mass is 207 g/mol. The Morgan fingerprint density at radius 3 is 2.53 bits per heavy atom. The first-order valence-electron chi connectivity index (χ1n) is 5.57. The van der Waals surface area contributed by atoms with Crippen molar-refractivity contribution < 1.29 is 4.74 Å². The predicted molar refractivity (Wildman–Crippen MR) is 64.3 cm³/mol. The molecule has 2 N–H and O–H groups in total. The van der Waals surface area contributed by atoms with Crippen molar-refractivity contribution in [2.75, 3.05) is 13.7 Å². The highest BCUT2D eigenvalue weighted by atomic mass is 16.5. The SMILES string of the molecule is CCc1cccc(CC(C)CN)c1OC. The molecule has 0 aliphatic carbocycles.